The van der Waals surface area contributed by atoms with Crippen molar-refractivity contribution in [1.29, 1.82) is 0 Å². The summed E-state index contributed by atoms with van der Waals surface area (Å²) >= 11 is 0. The highest BCUT2D eigenvalue weighted by Gasteiger charge is 2.11. The third kappa shape index (κ3) is 4.32. The minimum Gasteiger partial charge on any atom is -0.427 e. The van der Waals surface area contributed by atoms with Gasteiger partial charge in [-0.2, -0.15) is 4.98 Å². The summed E-state index contributed by atoms with van der Waals surface area (Å²) in [5.74, 6) is 0.561. The van der Waals surface area contributed by atoms with E-state index in [4.69, 9.17) is 9.26 Å². The van der Waals surface area contributed by atoms with Crippen LogP contribution in [-0.4, -0.2) is 22.0 Å². The van der Waals surface area contributed by atoms with Gasteiger partial charge in [-0.25, -0.2) is 0 Å². The molecule has 0 aliphatic heterocycles. The molecule has 26 heavy (non-hydrogen) atoms. The number of hydrogen-bond donors (Lipinski definition) is 1. The van der Waals surface area contributed by atoms with Gasteiger partial charge in [0.15, 0.2) is 0 Å². The van der Waals surface area contributed by atoms with Crippen LogP contribution >= 0.6 is 0 Å². The van der Waals surface area contributed by atoms with E-state index >= 15 is 0 Å². The highest BCUT2D eigenvalue weighted by atomic mass is 16.5. The molecule has 132 valence electrons. The molecule has 1 amide bonds. The van der Waals surface area contributed by atoms with Gasteiger partial charge in [0.05, 0.1) is 6.54 Å². The Kier molecular flexibility index (Phi) is 5.38. The zero-order chi connectivity index (χ0) is 18.4. The van der Waals surface area contributed by atoms with Crippen molar-refractivity contribution in [3.05, 3.63) is 66.1 Å². The standard InChI is InChI=1S/C19H17N3O4/c1-2-17(23)25-15-10-8-14(9-11-15)19(24)20-12-16-21-18(22-26-16)13-6-4-3-5-7-13/h3-11H,2,12H2,1H3,(H,20,24). The van der Waals surface area contributed by atoms with Crippen LogP contribution in [0.3, 0.4) is 0 Å². The van der Waals surface area contributed by atoms with Gasteiger partial charge in [0, 0.05) is 17.5 Å². The number of carbonyl (C=O) groups is 2. The average Bonchev–Trinajstić information content (AvgIpc) is 3.16. The Bertz CT molecular complexity index is 889. The van der Waals surface area contributed by atoms with Crippen LogP contribution in [0.4, 0.5) is 0 Å². The lowest BCUT2D eigenvalue weighted by molar-refractivity contribution is -0.134. The van der Waals surface area contributed by atoms with Gasteiger partial charge in [-0.05, 0) is 24.3 Å². The van der Waals surface area contributed by atoms with E-state index < -0.39 is 0 Å². The largest absolute Gasteiger partial charge is 0.427 e. The van der Waals surface area contributed by atoms with Gasteiger partial charge in [0.1, 0.15) is 5.75 Å². The second-order valence-electron chi connectivity index (χ2n) is 5.41. The molecule has 0 fully saturated rings. The summed E-state index contributed by atoms with van der Waals surface area (Å²) in [5.41, 5.74) is 1.27. The number of nitrogens with one attached hydrogen (secondary N) is 1. The maximum absolute atomic E-state index is 12.2. The third-order valence-corrected chi connectivity index (χ3v) is 3.54. The van der Waals surface area contributed by atoms with Crippen molar-refractivity contribution in [2.24, 2.45) is 0 Å². The Labute approximate surface area is 150 Å². The number of hydrogen-bond acceptors (Lipinski definition) is 6. The molecule has 3 aromatic rings. The Morgan fingerprint density at radius 2 is 1.81 bits per heavy atom. The second kappa shape index (κ2) is 8.06. The van der Waals surface area contributed by atoms with E-state index in [0.29, 0.717) is 23.0 Å². The predicted molar refractivity (Wildman–Crippen MR) is 93.3 cm³/mol. The number of rotatable bonds is 6. The molecule has 0 bridgehead atoms. The number of nitrogens with zero attached hydrogens (tertiary/aromatic N) is 2. The number of ether oxygens (including phenoxy) is 1. The SMILES string of the molecule is CCC(=O)Oc1ccc(C(=O)NCc2nc(-c3ccccc3)no2)cc1. The van der Waals surface area contributed by atoms with Crippen molar-refractivity contribution in [2.45, 2.75) is 19.9 Å². The molecule has 1 aromatic heterocycles. The molecule has 3 rings (SSSR count). The van der Waals surface area contributed by atoms with Gasteiger partial charge in [0.25, 0.3) is 5.91 Å². The summed E-state index contributed by atoms with van der Waals surface area (Å²) in [5, 5.41) is 6.61. The molecule has 0 aliphatic rings. The first-order valence-corrected chi connectivity index (χ1v) is 8.12. The zero-order valence-electron chi connectivity index (χ0n) is 14.1. The van der Waals surface area contributed by atoms with E-state index in [2.05, 4.69) is 15.5 Å². The molecule has 7 nitrogen and oxygen atoms in total. The molecule has 0 unspecified atom stereocenters. The summed E-state index contributed by atoms with van der Waals surface area (Å²) < 4.78 is 10.2. The average molecular weight is 351 g/mol. The molecule has 0 aliphatic carbocycles. The summed E-state index contributed by atoms with van der Waals surface area (Å²) in [6.45, 7) is 1.83. The van der Waals surface area contributed by atoms with E-state index in [9.17, 15) is 9.59 Å². The number of benzene rings is 2. The Balaban J connectivity index is 1.57. The molecule has 7 heteroatoms. The predicted octanol–water partition coefficient (Wildman–Crippen LogP) is 2.98. The van der Waals surface area contributed by atoms with Gasteiger partial charge in [-0.1, -0.05) is 42.4 Å². The fraction of sp³-hybridized carbons (Fsp3) is 0.158. The number of carbonyl (C=O) groups excluding carboxylic acids is 2. The second-order valence-corrected chi connectivity index (χ2v) is 5.41. The first-order valence-electron chi connectivity index (χ1n) is 8.12. The van der Waals surface area contributed by atoms with Crippen molar-refractivity contribution in [3.8, 4) is 17.1 Å². The van der Waals surface area contributed by atoms with Gasteiger partial charge in [-0.3, -0.25) is 9.59 Å². The van der Waals surface area contributed by atoms with Crippen LogP contribution in [0.5, 0.6) is 5.75 Å². The molecule has 0 atom stereocenters. The Morgan fingerprint density at radius 1 is 1.08 bits per heavy atom. The van der Waals surface area contributed by atoms with Crippen LogP contribution in [0.1, 0.15) is 29.6 Å². The smallest absolute Gasteiger partial charge is 0.310 e. The summed E-state index contributed by atoms with van der Waals surface area (Å²) in [7, 11) is 0. The van der Waals surface area contributed by atoms with Crippen molar-refractivity contribution in [2.75, 3.05) is 0 Å². The van der Waals surface area contributed by atoms with E-state index in [-0.39, 0.29) is 24.8 Å². The lowest BCUT2D eigenvalue weighted by Gasteiger charge is -2.05. The molecular formula is C19H17N3O4. The molecular weight excluding hydrogens is 334 g/mol. The summed E-state index contributed by atoms with van der Waals surface area (Å²) in [6, 6.07) is 15.7. The molecule has 1 heterocycles. The van der Waals surface area contributed by atoms with Gasteiger partial charge < -0.3 is 14.6 Å². The first kappa shape index (κ1) is 17.3. The number of esters is 1. The van der Waals surface area contributed by atoms with Crippen LogP contribution in [0.15, 0.2) is 59.1 Å². The zero-order valence-corrected chi connectivity index (χ0v) is 14.1. The number of amides is 1. The lowest BCUT2D eigenvalue weighted by Crippen LogP contribution is -2.22. The molecule has 0 spiro atoms. The fourth-order valence-electron chi connectivity index (χ4n) is 2.17. The van der Waals surface area contributed by atoms with Gasteiger partial charge in [-0.15, -0.1) is 0 Å². The van der Waals surface area contributed by atoms with Crippen molar-refractivity contribution in [1.82, 2.24) is 15.5 Å². The van der Waals surface area contributed by atoms with Crippen LogP contribution in [-0.2, 0) is 11.3 Å². The van der Waals surface area contributed by atoms with Crippen LogP contribution in [0.25, 0.3) is 11.4 Å². The number of aromatic nitrogens is 2. The summed E-state index contributed by atoms with van der Waals surface area (Å²) in [4.78, 5) is 27.7. The first-order chi connectivity index (χ1) is 12.7. The minimum atomic E-state index is -0.326. The Hall–Kier alpha value is -3.48. The quantitative estimate of drug-likeness (QED) is 0.542. The van der Waals surface area contributed by atoms with Crippen molar-refractivity contribution >= 4 is 11.9 Å². The van der Waals surface area contributed by atoms with Crippen LogP contribution in [0, 0.1) is 0 Å². The maximum Gasteiger partial charge on any atom is 0.310 e. The van der Waals surface area contributed by atoms with Crippen LogP contribution < -0.4 is 10.1 Å². The topological polar surface area (TPSA) is 94.3 Å². The molecule has 1 N–H and O–H groups in total. The lowest BCUT2D eigenvalue weighted by atomic mass is 10.2. The van der Waals surface area contributed by atoms with Crippen molar-refractivity contribution < 1.29 is 18.8 Å². The van der Waals surface area contributed by atoms with E-state index in [1.54, 1.807) is 31.2 Å². The van der Waals surface area contributed by atoms with E-state index in [1.807, 2.05) is 30.3 Å². The molecule has 0 saturated heterocycles. The van der Waals surface area contributed by atoms with E-state index in [1.165, 1.54) is 0 Å². The minimum absolute atomic E-state index is 0.116. The summed E-state index contributed by atoms with van der Waals surface area (Å²) in [6.07, 6.45) is 0.289. The molecule has 0 saturated carbocycles. The Morgan fingerprint density at radius 3 is 2.50 bits per heavy atom. The van der Waals surface area contributed by atoms with Gasteiger partial charge >= 0.3 is 5.97 Å². The molecule has 2 aromatic carbocycles. The van der Waals surface area contributed by atoms with Crippen molar-refractivity contribution in [3.63, 3.8) is 0 Å². The van der Waals surface area contributed by atoms with Crippen LogP contribution in [0.2, 0.25) is 0 Å². The highest BCUT2D eigenvalue weighted by Crippen LogP contribution is 2.15. The molecule has 0 radical (unpaired) electrons. The highest BCUT2D eigenvalue weighted by molar-refractivity contribution is 5.94. The normalized spacial score (nSPS) is 10.3. The van der Waals surface area contributed by atoms with E-state index in [0.717, 1.165) is 5.56 Å². The maximum atomic E-state index is 12.2. The fourth-order valence-corrected chi connectivity index (χ4v) is 2.17. The third-order valence-electron chi connectivity index (χ3n) is 3.54. The van der Waals surface area contributed by atoms with Gasteiger partial charge in [0.2, 0.25) is 11.7 Å². The monoisotopic (exact) mass is 351 g/mol.